The van der Waals surface area contributed by atoms with Crippen molar-refractivity contribution in [1.82, 2.24) is 5.32 Å². The molecule has 0 saturated carbocycles. The summed E-state index contributed by atoms with van der Waals surface area (Å²) in [6.45, 7) is 2.70. The maximum atomic E-state index is 13.5. The minimum absolute atomic E-state index is 0.220. The fourth-order valence-electron chi connectivity index (χ4n) is 2.60. The van der Waals surface area contributed by atoms with Crippen LogP contribution >= 0.6 is 11.3 Å². The normalized spacial score (nSPS) is 12.7. The Balaban J connectivity index is 2.15. The maximum Gasteiger partial charge on any atom is 0.126 e. The molecule has 108 valence electrons. The molecule has 1 aromatic heterocycles. The third kappa shape index (κ3) is 2.82. The Hall–Kier alpha value is -1.78. The molecule has 1 heterocycles. The van der Waals surface area contributed by atoms with E-state index < -0.39 is 11.6 Å². The number of hydrogen-bond acceptors (Lipinski definition) is 2. The van der Waals surface area contributed by atoms with Crippen molar-refractivity contribution in [1.29, 1.82) is 0 Å². The molecule has 1 unspecified atom stereocenters. The molecule has 0 aliphatic heterocycles. The van der Waals surface area contributed by atoms with E-state index in [9.17, 15) is 8.78 Å². The van der Waals surface area contributed by atoms with Gasteiger partial charge in [0, 0.05) is 10.8 Å². The minimum Gasteiger partial charge on any atom is -0.306 e. The van der Waals surface area contributed by atoms with Gasteiger partial charge in [0.1, 0.15) is 11.6 Å². The standard InChI is InChI=1S/C17H15F2NS/c1-2-20-16(12-8-13(18)10-14(19)9-12)15-5-3-4-11-6-7-21-17(11)15/h3-10,16,20H,2H2,1H3. The van der Waals surface area contributed by atoms with Gasteiger partial charge in [0.05, 0.1) is 6.04 Å². The Bertz CT molecular complexity index is 746. The molecule has 0 radical (unpaired) electrons. The van der Waals surface area contributed by atoms with Crippen molar-refractivity contribution in [2.45, 2.75) is 13.0 Å². The van der Waals surface area contributed by atoms with Crippen LogP contribution in [-0.4, -0.2) is 6.54 Å². The van der Waals surface area contributed by atoms with Crippen LogP contribution in [0.15, 0.2) is 47.8 Å². The van der Waals surface area contributed by atoms with Gasteiger partial charge in [-0.2, -0.15) is 0 Å². The molecule has 0 fully saturated rings. The topological polar surface area (TPSA) is 12.0 Å². The summed E-state index contributed by atoms with van der Waals surface area (Å²) in [4.78, 5) is 0. The zero-order valence-corrected chi connectivity index (χ0v) is 12.4. The van der Waals surface area contributed by atoms with Gasteiger partial charge in [-0.3, -0.25) is 0 Å². The fourth-order valence-corrected chi connectivity index (χ4v) is 3.54. The SMILES string of the molecule is CCNC(c1cc(F)cc(F)c1)c1cccc2ccsc12. The van der Waals surface area contributed by atoms with Crippen LogP contribution in [0.5, 0.6) is 0 Å². The van der Waals surface area contributed by atoms with Crippen molar-refractivity contribution < 1.29 is 8.78 Å². The highest BCUT2D eigenvalue weighted by Crippen LogP contribution is 2.32. The Kier molecular flexibility index (Phi) is 3.99. The summed E-state index contributed by atoms with van der Waals surface area (Å²) >= 11 is 1.64. The van der Waals surface area contributed by atoms with Gasteiger partial charge in [0.2, 0.25) is 0 Å². The van der Waals surface area contributed by atoms with E-state index in [1.807, 2.05) is 30.5 Å². The molecule has 0 bridgehead atoms. The molecule has 3 rings (SSSR count). The first kappa shape index (κ1) is 14.2. The average Bonchev–Trinajstić information content (AvgIpc) is 2.92. The molecule has 0 aliphatic rings. The van der Waals surface area contributed by atoms with E-state index in [4.69, 9.17) is 0 Å². The van der Waals surface area contributed by atoms with Gasteiger partial charge in [-0.05, 0) is 46.6 Å². The van der Waals surface area contributed by atoms with Crippen LogP contribution in [0.1, 0.15) is 24.1 Å². The van der Waals surface area contributed by atoms with Gasteiger partial charge in [-0.25, -0.2) is 8.78 Å². The van der Waals surface area contributed by atoms with E-state index in [0.29, 0.717) is 12.1 Å². The first-order valence-corrected chi connectivity index (χ1v) is 7.72. The third-order valence-electron chi connectivity index (χ3n) is 3.45. The Morgan fingerprint density at radius 2 is 1.86 bits per heavy atom. The Morgan fingerprint density at radius 1 is 1.10 bits per heavy atom. The van der Waals surface area contributed by atoms with E-state index in [2.05, 4.69) is 11.4 Å². The molecule has 2 aromatic carbocycles. The molecule has 0 amide bonds. The van der Waals surface area contributed by atoms with Crippen molar-refractivity contribution in [2.75, 3.05) is 6.54 Å². The summed E-state index contributed by atoms with van der Waals surface area (Å²) in [5.41, 5.74) is 1.66. The fraction of sp³-hybridized carbons (Fsp3) is 0.176. The lowest BCUT2D eigenvalue weighted by Gasteiger charge is -2.20. The highest BCUT2D eigenvalue weighted by molar-refractivity contribution is 7.17. The highest BCUT2D eigenvalue weighted by Gasteiger charge is 2.17. The number of rotatable bonds is 4. The number of nitrogens with one attached hydrogen (secondary N) is 1. The average molecular weight is 303 g/mol. The second kappa shape index (κ2) is 5.92. The molecule has 1 N–H and O–H groups in total. The largest absolute Gasteiger partial charge is 0.306 e. The first-order valence-electron chi connectivity index (χ1n) is 6.84. The number of fused-ring (bicyclic) bond motifs is 1. The van der Waals surface area contributed by atoms with E-state index in [1.165, 1.54) is 12.1 Å². The summed E-state index contributed by atoms with van der Waals surface area (Å²) in [6.07, 6.45) is 0. The van der Waals surface area contributed by atoms with E-state index >= 15 is 0 Å². The van der Waals surface area contributed by atoms with Gasteiger partial charge < -0.3 is 5.32 Å². The molecule has 0 aliphatic carbocycles. The zero-order chi connectivity index (χ0) is 14.8. The number of halogens is 2. The lowest BCUT2D eigenvalue weighted by atomic mass is 9.97. The molecule has 3 aromatic rings. The predicted molar refractivity (Wildman–Crippen MR) is 83.7 cm³/mol. The Morgan fingerprint density at radius 3 is 2.57 bits per heavy atom. The Labute approximate surface area is 126 Å². The molecule has 21 heavy (non-hydrogen) atoms. The zero-order valence-electron chi connectivity index (χ0n) is 11.6. The van der Waals surface area contributed by atoms with Crippen LogP contribution in [0.3, 0.4) is 0 Å². The summed E-state index contributed by atoms with van der Waals surface area (Å²) in [6, 6.07) is 11.6. The van der Waals surface area contributed by atoms with Crippen molar-refractivity contribution in [3.8, 4) is 0 Å². The van der Waals surface area contributed by atoms with Crippen LogP contribution in [0.4, 0.5) is 8.78 Å². The van der Waals surface area contributed by atoms with Crippen molar-refractivity contribution in [3.63, 3.8) is 0 Å². The molecular weight excluding hydrogens is 288 g/mol. The van der Waals surface area contributed by atoms with Crippen molar-refractivity contribution >= 4 is 21.4 Å². The van der Waals surface area contributed by atoms with E-state index in [-0.39, 0.29) is 6.04 Å². The van der Waals surface area contributed by atoms with Crippen LogP contribution in [0.2, 0.25) is 0 Å². The second-order valence-electron chi connectivity index (χ2n) is 4.88. The van der Waals surface area contributed by atoms with Crippen LogP contribution < -0.4 is 5.32 Å². The van der Waals surface area contributed by atoms with Gasteiger partial charge in [-0.1, -0.05) is 25.1 Å². The minimum atomic E-state index is -0.550. The number of benzene rings is 2. The van der Waals surface area contributed by atoms with Crippen LogP contribution in [-0.2, 0) is 0 Å². The van der Waals surface area contributed by atoms with Gasteiger partial charge >= 0.3 is 0 Å². The highest BCUT2D eigenvalue weighted by atomic mass is 32.1. The van der Waals surface area contributed by atoms with Gasteiger partial charge in [0.25, 0.3) is 0 Å². The monoisotopic (exact) mass is 303 g/mol. The van der Waals surface area contributed by atoms with Crippen LogP contribution in [0, 0.1) is 11.6 Å². The lowest BCUT2D eigenvalue weighted by Crippen LogP contribution is -2.22. The summed E-state index contributed by atoms with van der Waals surface area (Å²) in [5, 5.41) is 6.51. The molecular formula is C17H15F2NS. The van der Waals surface area contributed by atoms with Gasteiger partial charge in [0.15, 0.2) is 0 Å². The maximum absolute atomic E-state index is 13.5. The number of hydrogen-bond donors (Lipinski definition) is 1. The predicted octanol–water partition coefficient (Wildman–Crippen LogP) is 4.88. The molecule has 4 heteroatoms. The quantitative estimate of drug-likeness (QED) is 0.724. The van der Waals surface area contributed by atoms with Crippen molar-refractivity contribution in [2.24, 2.45) is 0 Å². The molecule has 1 atom stereocenters. The van der Waals surface area contributed by atoms with Crippen LogP contribution in [0.25, 0.3) is 10.1 Å². The first-order chi connectivity index (χ1) is 10.2. The van der Waals surface area contributed by atoms with E-state index in [0.717, 1.165) is 21.7 Å². The summed E-state index contributed by atoms with van der Waals surface area (Å²) < 4.78 is 28.2. The van der Waals surface area contributed by atoms with Gasteiger partial charge in [-0.15, -0.1) is 11.3 Å². The lowest BCUT2D eigenvalue weighted by molar-refractivity contribution is 0.566. The molecule has 0 saturated heterocycles. The molecule has 1 nitrogen and oxygen atoms in total. The summed E-state index contributed by atoms with van der Waals surface area (Å²) in [5.74, 6) is -1.10. The van der Waals surface area contributed by atoms with E-state index in [1.54, 1.807) is 11.3 Å². The second-order valence-corrected chi connectivity index (χ2v) is 5.80. The van der Waals surface area contributed by atoms with Crippen molar-refractivity contribution in [3.05, 3.63) is 70.6 Å². The third-order valence-corrected chi connectivity index (χ3v) is 4.43. The smallest absolute Gasteiger partial charge is 0.126 e. The molecule has 0 spiro atoms. The summed E-state index contributed by atoms with van der Waals surface area (Å²) in [7, 11) is 0. The number of thiophene rings is 1.